The van der Waals surface area contributed by atoms with Crippen molar-refractivity contribution in [3.8, 4) is 0 Å². The number of rotatable bonds is 0. The van der Waals surface area contributed by atoms with E-state index in [1.807, 2.05) is 20.8 Å². The van der Waals surface area contributed by atoms with Crippen molar-refractivity contribution in [1.29, 1.82) is 0 Å². The predicted octanol–water partition coefficient (Wildman–Crippen LogP) is 7.90. The summed E-state index contributed by atoms with van der Waals surface area (Å²) in [4.78, 5) is 15.6. The minimum atomic E-state index is -0.497. The van der Waals surface area contributed by atoms with E-state index in [1.54, 1.807) is 0 Å². The molecule has 2 saturated heterocycles. The Morgan fingerprint density at radius 2 is 1.44 bits per heavy atom. The highest BCUT2D eigenvalue weighted by molar-refractivity contribution is 5.69. The summed E-state index contributed by atoms with van der Waals surface area (Å²) in [6.45, 7) is 34.8. The van der Waals surface area contributed by atoms with Crippen LogP contribution >= 0.6 is 0 Å². The third-order valence-corrected chi connectivity index (χ3v) is 9.17. The van der Waals surface area contributed by atoms with Crippen molar-refractivity contribution in [2.75, 3.05) is 0 Å². The SMILES string of the molecule is CC1CC(C)(C)C2C(C(C)CC(C)N(C(=O)OC(C)(C)C)C(C)C2(C)C)C(C)(C)CC(C)(C)N1. The zero-order valence-corrected chi connectivity index (χ0v) is 25.3. The Balaban J connectivity index is 2.71. The highest BCUT2D eigenvalue weighted by Crippen LogP contribution is 2.60. The number of nitrogens with one attached hydrogen (secondary N) is 1. The number of carbonyl (C=O) groups excluding carboxylic acids is 1. The molecule has 4 nitrogen and oxygen atoms in total. The average molecular weight is 479 g/mol. The van der Waals surface area contributed by atoms with E-state index in [4.69, 9.17) is 4.74 Å². The minimum absolute atomic E-state index is 0.0736. The molecule has 200 valence electrons. The standard InChI is InChI=1S/C30H58N2O2/c1-19-16-21(3)32(25(33)34-26(5,6)7)22(4)30(14,15)24-23(19)28(10,11)18-29(12,13)31-20(2)17-27(24,8)9/h19-24,31H,16-18H2,1-15H3. The topological polar surface area (TPSA) is 41.6 Å². The van der Waals surface area contributed by atoms with Gasteiger partial charge in [-0.05, 0) is 109 Å². The number of nitrogens with zero attached hydrogens (tertiary/aromatic N) is 1. The summed E-state index contributed by atoms with van der Waals surface area (Å²) in [5.41, 5.74) is -0.226. The molecule has 1 amide bonds. The number of ether oxygens (including phenoxy) is 1. The van der Waals surface area contributed by atoms with E-state index in [0.717, 1.165) is 19.3 Å². The summed E-state index contributed by atoms with van der Waals surface area (Å²) in [5.74, 6) is 1.50. The third-order valence-electron chi connectivity index (χ3n) is 9.17. The van der Waals surface area contributed by atoms with E-state index in [1.165, 1.54) is 0 Å². The van der Waals surface area contributed by atoms with Crippen molar-refractivity contribution in [3.63, 3.8) is 0 Å². The largest absolute Gasteiger partial charge is 0.444 e. The van der Waals surface area contributed by atoms with Gasteiger partial charge in [0.2, 0.25) is 0 Å². The molecule has 0 radical (unpaired) electrons. The number of hydrogen-bond acceptors (Lipinski definition) is 3. The van der Waals surface area contributed by atoms with Gasteiger partial charge in [0.15, 0.2) is 0 Å². The second kappa shape index (κ2) is 9.27. The van der Waals surface area contributed by atoms with Crippen LogP contribution in [-0.4, -0.2) is 40.3 Å². The molecule has 2 heterocycles. The number of likely N-dealkylation sites (tertiary alicyclic amines) is 1. The molecule has 0 aliphatic carbocycles. The van der Waals surface area contributed by atoms with Crippen LogP contribution in [0.25, 0.3) is 0 Å². The second-order valence-electron chi connectivity index (χ2n) is 15.7. The smallest absolute Gasteiger partial charge is 0.410 e. The van der Waals surface area contributed by atoms with Crippen molar-refractivity contribution >= 4 is 6.09 Å². The lowest BCUT2D eigenvalue weighted by atomic mass is 9.48. The summed E-state index contributed by atoms with van der Waals surface area (Å²) in [7, 11) is 0. The van der Waals surface area contributed by atoms with Gasteiger partial charge < -0.3 is 15.0 Å². The van der Waals surface area contributed by atoms with E-state index < -0.39 is 5.60 Å². The van der Waals surface area contributed by atoms with Gasteiger partial charge in [-0.1, -0.05) is 48.5 Å². The number of amides is 1. The van der Waals surface area contributed by atoms with E-state index in [9.17, 15) is 4.79 Å². The second-order valence-corrected chi connectivity index (χ2v) is 15.7. The van der Waals surface area contributed by atoms with Gasteiger partial charge in [-0.25, -0.2) is 4.79 Å². The van der Waals surface area contributed by atoms with Crippen LogP contribution in [0.2, 0.25) is 0 Å². The quantitative estimate of drug-likeness (QED) is 0.385. The summed E-state index contributed by atoms with van der Waals surface area (Å²) >= 11 is 0. The van der Waals surface area contributed by atoms with Crippen LogP contribution in [0.5, 0.6) is 0 Å². The Hall–Kier alpha value is -0.770. The molecule has 6 unspecified atom stereocenters. The lowest BCUT2D eigenvalue weighted by molar-refractivity contribution is -0.119. The molecular weight excluding hydrogens is 420 g/mol. The van der Waals surface area contributed by atoms with E-state index in [2.05, 4.69) is 93.3 Å². The molecule has 2 fully saturated rings. The van der Waals surface area contributed by atoms with Gasteiger partial charge in [0.1, 0.15) is 5.60 Å². The van der Waals surface area contributed by atoms with Crippen molar-refractivity contribution in [3.05, 3.63) is 0 Å². The Labute approximate surface area is 212 Å². The fourth-order valence-corrected chi connectivity index (χ4v) is 8.90. The Morgan fingerprint density at radius 3 is 1.94 bits per heavy atom. The van der Waals surface area contributed by atoms with Gasteiger partial charge in [-0.2, -0.15) is 0 Å². The summed E-state index contributed by atoms with van der Waals surface area (Å²) in [6, 6.07) is 0.647. The number of carbonyl (C=O) groups is 1. The summed E-state index contributed by atoms with van der Waals surface area (Å²) in [5, 5.41) is 3.98. The maximum absolute atomic E-state index is 13.6. The molecule has 2 rings (SSSR count). The molecule has 0 spiro atoms. The van der Waals surface area contributed by atoms with Gasteiger partial charge in [0.25, 0.3) is 0 Å². The van der Waals surface area contributed by atoms with E-state index in [0.29, 0.717) is 23.8 Å². The van der Waals surface area contributed by atoms with Crippen LogP contribution in [0.1, 0.15) is 123 Å². The molecule has 0 saturated carbocycles. The Morgan fingerprint density at radius 1 is 0.912 bits per heavy atom. The highest BCUT2D eigenvalue weighted by Gasteiger charge is 2.57. The first-order valence-corrected chi connectivity index (χ1v) is 13.8. The lowest BCUT2D eigenvalue weighted by Crippen LogP contribution is -2.61. The van der Waals surface area contributed by atoms with Crippen LogP contribution < -0.4 is 5.32 Å². The molecule has 6 atom stereocenters. The summed E-state index contributed by atoms with van der Waals surface area (Å²) < 4.78 is 5.96. The fraction of sp³-hybridized carbons (Fsp3) is 0.967. The monoisotopic (exact) mass is 478 g/mol. The van der Waals surface area contributed by atoms with Gasteiger partial charge in [-0.15, -0.1) is 0 Å². The first kappa shape index (κ1) is 29.5. The fourth-order valence-electron chi connectivity index (χ4n) is 8.90. The van der Waals surface area contributed by atoms with Crippen LogP contribution in [0.4, 0.5) is 4.79 Å². The molecule has 1 N–H and O–H groups in total. The number of fused-ring (bicyclic) bond motifs is 1. The van der Waals surface area contributed by atoms with Crippen molar-refractivity contribution in [1.82, 2.24) is 10.2 Å². The highest BCUT2D eigenvalue weighted by atomic mass is 16.6. The molecule has 0 aromatic rings. The molecule has 2 aliphatic heterocycles. The van der Waals surface area contributed by atoms with Crippen molar-refractivity contribution in [2.24, 2.45) is 34.0 Å². The van der Waals surface area contributed by atoms with Gasteiger partial charge in [-0.3, -0.25) is 0 Å². The van der Waals surface area contributed by atoms with Crippen LogP contribution in [0.3, 0.4) is 0 Å². The van der Waals surface area contributed by atoms with Gasteiger partial charge >= 0.3 is 6.09 Å². The first-order valence-electron chi connectivity index (χ1n) is 13.8. The lowest BCUT2D eigenvalue weighted by Gasteiger charge is -2.60. The number of hydrogen-bond donors (Lipinski definition) is 1. The Kier molecular flexibility index (Phi) is 8.03. The summed E-state index contributed by atoms with van der Waals surface area (Å²) in [6.07, 6.45) is 3.10. The molecule has 0 aromatic heterocycles. The van der Waals surface area contributed by atoms with Crippen LogP contribution in [0.15, 0.2) is 0 Å². The molecule has 4 heteroatoms. The third kappa shape index (κ3) is 6.13. The van der Waals surface area contributed by atoms with Gasteiger partial charge in [0.05, 0.1) is 0 Å². The normalized spacial score (nSPS) is 37.8. The molecular formula is C30H58N2O2. The first-order chi connectivity index (χ1) is 15.0. The maximum atomic E-state index is 13.6. The molecule has 2 aliphatic rings. The minimum Gasteiger partial charge on any atom is -0.444 e. The van der Waals surface area contributed by atoms with Crippen LogP contribution in [0, 0.1) is 34.0 Å². The van der Waals surface area contributed by atoms with Crippen LogP contribution in [-0.2, 0) is 4.74 Å². The Bertz CT molecular complexity index is 731. The van der Waals surface area contributed by atoms with Crippen molar-refractivity contribution in [2.45, 2.75) is 152 Å². The van der Waals surface area contributed by atoms with E-state index >= 15 is 0 Å². The van der Waals surface area contributed by atoms with Crippen molar-refractivity contribution < 1.29 is 9.53 Å². The average Bonchev–Trinajstić information content (AvgIpc) is 2.55. The molecule has 34 heavy (non-hydrogen) atoms. The van der Waals surface area contributed by atoms with Gasteiger partial charge in [0, 0.05) is 23.7 Å². The zero-order chi connectivity index (χ0) is 26.7. The van der Waals surface area contributed by atoms with E-state index in [-0.39, 0.29) is 40.0 Å². The molecule has 0 bridgehead atoms. The molecule has 0 aromatic carbocycles. The zero-order valence-electron chi connectivity index (χ0n) is 25.3. The predicted molar refractivity (Wildman–Crippen MR) is 145 cm³/mol. The maximum Gasteiger partial charge on any atom is 0.410 e.